The Hall–Kier alpha value is -3.79. The van der Waals surface area contributed by atoms with Gasteiger partial charge in [-0.1, -0.05) is 18.2 Å². The van der Waals surface area contributed by atoms with Gasteiger partial charge in [0, 0.05) is 38.4 Å². The van der Waals surface area contributed by atoms with Crippen LogP contribution in [0.3, 0.4) is 0 Å². The summed E-state index contributed by atoms with van der Waals surface area (Å²) in [6.45, 7) is 6.24. The Kier molecular flexibility index (Phi) is 5.51. The SMILES string of the molecule is CCOc1ccnc(N2CCN(Cc3nc4c(cnn4-c4ccccc4)c(=O)[nH]3)CC2)n1. The van der Waals surface area contributed by atoms with Crippen LogP contribution in [-0.2, 0) is 6.54 Å². The molecule has 32 heavy (non-hydrogen) atoms. The third-order valence-electron chi connectivity index (χ3n) is 5.43. The average Bonchev–Trinajstić information content (AvgIpc) is 3.25. The number of para-hydroxylation sites is 1. The topological polar surface area (TPSA) is 105 Å². The van der Waals surface area contributed by atoms with Crippen molar-refractivity contribution in [3.63, 3.8) is 0 Å². The van der Waals surface area contributed by atoms with E-state index >= 15 is 0 Å². The van der Waals surface area contributed by atoms with Crippen LogP contribution in [0.5, 0.6) is 5.88 Å². The van der Waals surface area contributed by atoms with Gasteiger partial charge in [-0.3, -0.25) is 9.69 Å². The maximum Gasteiger partial charge on any atom is 0.262 e. The van der Waals surface area contributed by atoms with E-state index in [2.05, 4.69) is 29.9 Å². The molecule has 3 aromatic heterocycles. The number of benzene rings is 1. The molecule has 0 spiro atoms. The second kappa shape index (κ2) is 8.75. The first-order valence-electron chi connectivity index (χ1n) is 10.7. The largest absolute Gasteiger partial charge is 0.478 e. The maximum absolute atomic E-state index is 12.6. The summed E-state index contributed by atoms with van der Waals surface area (Å²) < 4.78 is 7.18. The zero-order valence-electron chi connectivity index (χ0n) is 17.8. The zero-order chi connectivity index (χ0) is 21.9. The molecule has 0 unspecified atom stereocenters. The normalized spacial score (nSPS) is 14.7. The zero-order valence-corrected chi connectivity index (χ0v) is 17.8. The van der Waals surface area contributed by atoms with Gasteiger partial charge < -0.3 is 14.6 Å². The molecule has 164 valence electrons. The van der Waals surface area contributed by atoms with Crippen LogP contribution in [-0.4, -0.2) is 67.4 Å². The number of nitrogens with one attached hydrogen (secondary N) is 1. The number of aromatic nitrogens is 6. The van der Waals surface area contributed by atoms with Gasteiger partial charge in [0.2, 0.25) is 11.8 Å². The first kappa shape index (κ1) is 20.1. The number of fused-ring (bicyclic) bond motifs is 1. The minimum Gasteiger partial charge on any atom is -0.478 e. The molecule has 4 heterocycles. The van der Waals surface area contributed by atoms with E-state index in [0.717, 1.165) is 31.9 Å². The Morgan fingerprint density at radius 3 is 2.66 bits per heavy atom. The van der Waals surface area contributed by atoms with Gasteiger partial charge in [-0.05, 0) is 19.1 Å². The Bertz CT molecular complexity index is 1260. The third kappa shape index (κ3) is 4.04. The van der Waals surface area contributed by atoms with E-state index in [1.54, 1.807) is 23.1 Å². The predicted molar refractivity (Wildman–Crippen MR) is 120 cm³/mol. The van der Waals surface area contributed by atoms with E-state index in [4.69, 9.17) is 9.72 Å². The van der Waals surface area contributed by atoms with Crippen molar-refractivity contribution < 1.29 is 4.74 Å². The number of ether oxygens (including phenoxy) is 1. The van der Waals surface area contributed by atoms with Gasteiger partial charge in [-0.2, -0.15) is 10.1 Å². The highest BCUT2D eigenvalue weighted by Crippen LogP contribution is 2.17. The highest BCUT2D eigenvalue weighted by atomic mass is 16.5. The molecule has 5 rings (SSSR count). The minimum absolute atomic E-state index is 0.174. The van der Waals surface area contributed by atoms with Gasteiger partial charge >= 0.3 is 0 Å². The van der Waals surface area contributed by atoms with Crippen LogP contribution in [0.2, 0.25) is 0 Å². The third-order valence-corrected chi connectivity index (χ3v) is 5.43. The van der Waals surface area contributed by atoms with Crippen LogP contribution < -0.4 is 15.2 Å². The van der Waals surface area contributed by atoms with Gasteiger partial charge in [-0.15, -0.1) is 0 Å². The quantitative estimate of drug-likeness (QED) is 0.490. The summed E-state index contributed by atoms with van der Waals surface area (Å²) in [4.78, 5) is 33.5. The fraction of sp³-hybridized carbons (Fsp3) is 0.318. The van der Waals surface area contributed by atoms with Gasteiger partial charge in [0.15, 0.2) is 5.65 Å². The smallest absolute Gasteiger partial charge is 0.262 e. The molecule has 0 bridgehead atoms. The van der Waals surface area contributed by atoms with Crippen molar-refractivity contribution in [1.29, 1.82) is 0 Å². The lowest BCUT2D eigenvalue weighted by atomic mass is 10.3. The molecule has 10 nitrogen and oxygen atoms in total. The van der Waals surface area contributed by atoms with Crippen molar-refractivity contribution in [2.24, 2.45) is 0 Å². The molecule has 10 heteroatoms. The van der Waals surface area contributed by atoms with Crippen LogP contribution in [0.15, 0.2) is 53.6 Å². The molecule has 1 N–H and O–H groups in total. The van der Waals surface area contributed by atoms with Gasteiger partial charge in [0.1, 0.15) is 11.2 Å². The van der Waals surface area contributed by atoms with E-state index in [1.165, 1.54) is 0 Å². The standard InChI is InChI=1S/C22H24N8O2/c1-2-32-19-8-9-23-22(27-19)29-12-10-28(11-13-29)15-18-25-20-17(21(31)26-18)14-24-30(20)16-6-4-3-5-7-16/h3-9,14H,2,10-13,15H2,1H3,(H,25,26,31). The van der Waals surface area contributed by atoms with Crippen LogP contribution in [0, 0.1) is 0 Å². The van der Waals surface area contributed by atoms with Crippen LogP contribution >= 0.6 is 0 Å². The predicted octanol–water partition coefficient (Wildman–Crippen LogP) is 1.62. The second-order valence-electron chi connectivity index (χ2n) is 7.53. The number of hydrogen-bond donors (Lipinski definition) is 1. The Balaban J connectivity index is 1.30. The average molecular weight is 432 g/mol. The molecule has 1 aliphatic rings. The van der Waals surface area contributed by atoms with Crippen molar-refractivity contribution in [3.05, 3.63) is 65.0 Å². The lowest BCUT2D eigenvalue weighted by Crippen LogP contribution is -2.46. The van der Waals surface area contributed by atoms with Crippen molar-refractivity contribution in [1.82, 2.24) is 34.6 Å². The van der Waals surface area contributed by atoms with E-state index in [9.17, 15) is 4.79 Å². The first-order chi connectivity index (χ1) is 15.7. The van der Waals surface area contributed by atoms with E-state index in [0.29, 0.717) is 41.8 Å². The molecule has 1 aliphatic heterocycles. The fourth-order valence-corrected chi connectivity index (χ4v) is 3.83. The van der Waals surface area contributed by atoms with Gasteiger partial charge in [0.25, 0.3) is 5.56 Å². The Morgan fingerprint density at radius 1 is 1.06 bits per heavy atom. The number of piperazine rings is 1. The highest BCUT2D eigenvalue weighted by Gasteiger charge is 2.21. The molecule has 1 aromatic carbocycles. The molecule has 1 fully saturated rings. The van der Waals surface area contributed by atoms with Crippen LogP contribution in [0.4, 0.5) is 5.95 Å². The summed E-state index contributed by atoms with van der Waals surface area (Å²) in [6, 6.07) is 11.5. The number of rotatable bonds is 6. The molecule has 0 atom stereocenters. The molecular weight excluding hydrogens is 408 g/mol. The van der Waals surface area contributed by atoms with E-state index in [1.807, 2.05) is 37.3 Å². The molecular formula is C22H24N8O2. The summed E-state index contributed by atoms with van der Waals surface area (Å²) in [5.74, 6) is 1.89. The summed E-state index contributed by atoms with van der Waals surface area (Å²) in [5, 5.41) is 4.85. The lowest BCUT2D eigenvalue weighted by Gasteiger charge is -2.34. The molecule has 0 amide bonds. The van der Waals surface area contributed by atoms with Crippen molar-refractivity contribution >= 4 is 17.0 Å². The molecule has 1 saturated heterocycles. The number of anilines is 1. The molecule has 0 aliphatic carbocycles. The lowest BCUT2D eigenvalue weighted by molar-refractivity contribution is 0.242. The van der Waals surface area contributed by atoms with E-state index < -0.39 is 0 Å². The minimum atomic E-state index is -0.174. The Labute approximate surface area is 184 Å². The van der Waals surface area contributed by atoms with Crippen LogP contribution in [0.25, 0.3) is 16.7 Å². The van der Waals surface area contributed by atoms with Gasteiger partial charge in [0.05, 0.1) is 25.0 Å². The van der Waals surface area contributed by atoms with E-state index in [-0.39, 0.29) is 5.56 Å². The summed E-state index contributed by atoms with van der Waals surface area (Å²) in [7, 11) is 0. The van der Waals surface area contributed by atoms with Crippen molar-refractivity contribution in [2.75, 3.05) is 37.7 Å². The maximum atomic E-state index is 12.6. The Morgan fingerprint density at radius 2 is 1.88 bits per heavy atom. The number of nitrogens with zero attached hydrogens (tertiary/aromatic N) is 7. The summed E-state index contributed by atoms with van der Waals surface area (Å²) in [6.07, 6.45) is 3.28. The molecule has 0 saturated carbocycles. The number of aromatic amines is 1. The van der Waals surface area contributed by atoms with Gasteiger partial charge in [-0.25, -0.2) is 14.6 Å². The summed E-state index contributed by atoms with van der Waals surface area (Å²) >= 11 is 0. The summed E-state index contributed by atoms with van der Waals surface area (Å²) in [5.41, 5.74) is 1.26. The number of hydrogen-bond acceptors (Lipinski definition) is 8. The molecule has 4 aromatic rings. The highest BCUT2D eigenvalue weighted by molar-refractivity contribution is 5.75. The second-order valence-corrected chi connectivity index (χ2v) is 7.53. The van der Waals surface area contributed by atoms with Crippen LogP contribution in [0.1, 0.15) is 12.7 Å². The first-order valence-corrected chi connectivity index (χ1v) is 10.7. The van der Waals surface area contributed by atoms with Crippen molar-refractivity contribution in [2.45, 2.75) is 13.5 Å². The monoisotopic (exact) mass is 432 g/mol. The number of H-pyrrole nitrogens is 1. The fourth-order valence-electron chi connectivity index (χ4n) is 3.83. The molecule has 0 radical (unpaired) electrons. The van der Waals surface area contributed by atoms with Crippen molar-refractivity contribution in [3.8, 4) is 11.6 Å².